The minimum Gasteiger partial charge on any atom is -0.379 e. The summed E-state index contributed by atoms with van der Waals surface area (Å²) in [5.41, 5.74) is 0.470. The normalized spacial score (nSPS) is 18.9. The van der Waals surface area contributed by atoms with Gasteiger partial charge in [-0.3, -0.25) is 0 Å². The lowest BCUT2D eigenvalue weighted by Crippen LogP contribution is -2.15. The van der Waals surface area contributed by atoms with Crippen molar-refractivity contribution in [3.05, 3.63) is 0 Å². The molecule has 3 heteroatoms. The second-order valence-corrected chi connectivity index (χ2v) is 5.22. The molecule has 1 aliphatic carbocycles. The predicted octanol–water partition coefficient (Wildman–Crippen LogP) is 2.85. The minimum atomic E-state index is 0.470. The first-order valence-electron chi connectivity index (χ1n) is 5.40. The van der Waals surface area contributed by atoms with Crippen LogP contribution in [0.25, 0.3) is 0 Å². The van der Waals surface area contributed by atoms with Crippen molar-refractivity contribution in [3.8, 4) is 0 Å². The Kier molecular flexibility index (Phi) is 5.42. The van der Waals surface area contributed by atoms with Gasteiger partial charge in [0.15, 0.2) is 0 Å². The van der Waals surface area contributed by atoms with Gasteiger partial charge in [-0.15, -0.1) is 0 Å². The van der Waals surface area contributed by atoms with Gasteiger partial charge in [0, 0.05) is 17.4 Å². The van der Waals surface area contributed by atoms with Crippen molar-refractivity contribution < 1.29 is 9.47 Å². The van der Waals surface area contributed by atoms with Gasteiger partial charge in [0.1, 0.15) is 0 Å². The van der Waals surface area contributed by atoms with Crippen LogP contribution in [-0.4, -0.2) is 31.8 Å². The molecular weight excluding hydrogens is 244 g/mol. The molecule has 1 fully saturated rings. The highest BCUT2D eigenvalue weighted by Gasteiger charge is 2.41. The topological polar surface area (TPSA) is 18.5 Å². The van der Waals surface area contributed by atoms with Crippen molar-refractivity contribution in [2.45, 2.75) is 26.7 Å². The van der Waals surface area contributed by atoms with E-state index in [9.17, 15) is 0 Å². The van der Waals surface area contributed by atoms with E-state index in [2.05, 4.69) is 29.8 Å². The zero-order chi connectivity index (χ0) is 10.4. The molecule has 1 rings (SSSR count). The van der Waals surface area contributed by atoms with Crippen LogP contribution in [-0.2, 0) is 9.47 Å². The average Bonchev–Trinajstić information content (AvgIpc) is 2.91. The van der Waals surface area contributed by atoms with Crippen LogP contribution in [0.1, 0.15) is 26.7 Å². The van der Waals surface area contributed by atoms with Crippen molar-refractivity contribution in [2.24, 2.45) is 11.3 Å². The monoisotopic (exact) mass is 264 g/mol. The third-order valence-electron chi connectivity index (χ3n) is 2.47. The molecule has 0 aromatic heterocycles. The average molecular weight is 265 g/mol. The molecule has 0 aromatic carbocycles. The first-order chi connectivity index (χ1) is 6.68. The van der Waals surface area contributed by atoms with E-state index in [1.54, 1.807) is 0 Å². The SMILES string of the molecule is CC(C)COCCOCC1(CBr)CC1. The molecule has 0 aromatic rings. The third-order valence-corrected chi connectivity index (χ3v) is 3.66. The van der Waals surface area contributed by atoms with Gasteiger partial charge in [-0.2, -0.15) is 0 Å². The highest BCUT2D eigenvalue weighted by atomic mass is 79.9. The van der Waals surface area contributed by atoms with Gasteiger partial charge in [0.2, 0.25) is 0 Å². The van der Waals surface area contributed by atoms with Crippen LogP contribution in [0.2, 0.25) is 0 Å². The summed E-state index contributed by atoms with van der Waals surface area (Å²) in [5.74, 6) is 0.618. The molecule has 1 aliphatic rings. The van der Waals surface area contributed by atoms with E-state index in [1.807, 2.05) is 0 Å². The fourth-order valence-electron chi connectivity index (χ4n) is 1.22. The maximum absolute atomic E-state index is 5.58. The minimum absolute atomic E-state index is 0.470. The molecule has 0 atom stereocenters. The Bertz CT molecular complexity index is 155. The summed E-state index contributed by atoms with van der Waals surface area (Å²) in [4.78, 5) is 0. The quantitative estimate of drug-likeness (QED) is 0.496. The van der Waals surface area contributed by atoms with Gasteiger partial charge < -0.3 is 9.47 Å². The Hall–Kier alpha value is 0.400. The summed E-state index contributed by atoms with van der Waals surface area (Å²) in [6, 6.07) is 0. The first-order valence-corrected chi connectivity index (χ1v) is 6.52. The van der Waals surface area contributed by atoms with Gasteiger partial charge in [0.25, 0.3) is 0 Å². The lowest BCUT2D eigenvalue weighted by Gasteiger charge is -2.12. The Morgan fingerprint density at radius 2 is 1.86 bits per heavy atom. The lowest BCUT2D eigenvalue weighted by atomic mass is 10.2. The van der Waals surface area contributed by atoms with Crippen LogP contribution >= 0.6 is 15.9 Å². The van der Waals surface area contributed by atoms with Crippen LogP contribution in [0.5, 0.6) is 0 Å². The van der Waals surface area contributed by atoms with E-state index in [-0.39, 0.29) is 0 Å². The second-order valence-electron chi connectivity index (χ2n) is 4.65. The van der Waals surface area contributed by atoms with Gasteiger partial charge in [-0.05, 0) is 18.8 Å². The zero-order valence-corrected chi connectivity index (χ0v) is 10.8. The highest BCUT2D eigenvalue weighted by Crippen LogP contribution is 2.47. The molecule has 0 bridgehead atoms. The van der Waals surface area contributed by atoms with E-state index in [1.165, 1.54) is 12.8 Å². The van der Waals surface area contributed by atoms with E-state index in [0.29, 0.717) is 11.3 Å². The maximum Gasteiger partial charge on any atom is 0.0700 e. The number of hydrogen-bond acceptors (Lipinski definition) is 2. The molecule has 0 radical (unpaired) electrons. The van der Waals surface area contributed by atoms with E-state index in [0.717, 1.165) is 31.8 Å². The smallest absolute Gasteiger partial charge is 0.0700 e. The number of halogens is 1. The van der Waals surface area contributed by atoms with E-state index in [4.69, 9.17) is 9.47 Å². The standard InChI is InChI=1S/C11H21BrO2/c1-10(2)7-13-5-6-14-9-11(8-12)3-4-11/h10H,3-9H2,1-2H3. The molecule has 0 N–H and O–H groups in total. The van der Waals surface area contributed by atoms with Crippen molar-refractivity contribution in [1.29, 1.82) is 0 Å². The summed E-state index contributed by atoms with van der Waals surface area (Å²) in [6.45, 7) is 7.52. The summed E-state index contributed by atoms with van der Waals surface area (Å²) in [6.07, 6.45) is 2.62. The predicted molar refractivity (Wildman–Crippen MR) is 61.9 cm³/mol. The third kappa shape index (κ3) is 4.76. The molecule has 0 aliphatic heterocycles. The Labute approximate surface area is 95.5 Å². The van der Waals surface area contributed by atoms with Crippen molar-refractivity contribution >= 4 is 15.9 Å². The van der Waals surface area contributed by atoms with Crippen LogP contribution in [0.4, 0.5) is 0 Å². The molecular formula is C11H21BrO2. The molecule has 14 heavy (non-hydrogen) atoms. The molecule has 0 amide bonds. The molecule has 0 heterocycles. The van der Waals surface area contributed by atoms with Gasteiger partial charge in [-0.1, -0.05) is 29.8 Å². The van der Waals surface area contributed by atoms with Crippen LogP contribution in [0.3, 0.4) is 0 Å². The molecule has 0 spiro atoms. The second kappa shape index (κ2) is 6.09. The first kappa shape index (κ1) is 12.5. The Morgan fingerprint density at radius 1 is 1.21 bits per heavy atom. The highest BCUT2D eigenvalue weighted by molar-refractivity contribution is 9.09. The summed E-state index contributed by atoms with van der Waals surface area (Å²) in [7, 11) is 0. The fourth-order valence-corrected chi connectivity index (χ4v) is 1.94. The summed E-state index contributed by atoms with van der Waals surface area (Å²) < 4.78 is 11.0. The molecule has 84 valence electrons. The number of hydrogen-bond donors (Lipinski definition) is 0. The Balaban J connectivity index is 1.85. The van der Waals surface area contributed by atoms with E-state index >= 15 is 0 Å². The largest absolute Gasteiger partial charge is 0.379 e. The zero-order valence-electron chi connectivity index (χ0n) is 9.22. The summed E-state index contributed by atoms with van der Waals surface area (Å²) >= 11 is 3.52. The molecule has 1 saturated carbocycles. The van der Waals surface area contributed by atoms with Crippen molar-refractivity contribution in [2.75, 3.05) is 31.8 Å². The van der Waals surface area contributed by atoms with Gasteiger partial charge >= 0.3 is 0 Å². The van der Waals surface area contributed by atoms with Crippen LogP contribution in [0.15, 0.2) is 0 Å². The number of rotatable bonds is 8. The number of ether oxygens (including phenoxy) is 2. The fraction of sp³-hybridized carbons (Fsp3) is 1.00. The van der Waals surface area contributed by atoms with Gasteiger partial charge in [0.05, 0.1) is 19.8 Å². The molecule has 2 nitrogen and oxygen atoms in total. The van der Waals surface area contributed by atoms with Crippen molar-refractivity contribution in [1.82, 2.24) is 0 Å². The maximum atomic E-state index is 5.58. The van der Waals surface area contributed by atoms with Crippen LogP contribution in [0, 0.1) is 11.3 Å². The lowest BCUT2D eigenvalue weighted by molar-refractivity contribution is 0.0246. The summed E-state index contributed by atoms with van der Waals surface area (Å²) in [5, 5.41) is 1.08. The Morgan fingerprint density at radius 3 is 2.36 bits per heavy atom. The van der Waals surface area contributed by atoms with Crippen LogP contribution < -0.4 is 0 Å². The van der Waals surface area contributed by atoms with Gasteiger partial charge in [-0.25, -0.2) is 0 Å². The van der Waals surface area contributed by atoms with Crippen molar-refractivity contribution in [3.63, 3.8) is 0 Å². The number of alkyl halides is 1. The van der Waals surface area contributed by atoms with E-state index < -0.39 is 0 Å². The molecule has 0 unspecified atom stereocenters. The molecule has 0 saturated heterocycles.